The van der Waals surface area contributed by atoms with E-state index < -0.39 is 9.84 Å². The minimum absolute atomic E-state index is 0.00464. The number of likely N-dealkylation sites (N-methyl/N-ethyl adjacent to an activating group) is 1. The second kappa shape index (κ2) is 8.84. The van der Waals surface area contributed by atoms with Gasteiger partial charge in [0.25, 0.3) is 5.91 Å². The fourth-order valence-electron chi connectivity index (χ4n) is 3.15. The quantitative estimate of drug-likeness (QED) is 0.727. The van der Waals surface area contributed by atoms with Crippen LogP contribution < -0.4 is 10.6 Å². The zero-order chi connectivity index (χ0) is 21.0. The van der Waals surface area contributed by atoms with Crippen molar-refractivity contribution in [1.82, 2.24) is 4.90 Å². The number of carbonyl (C=O) groups excluding carboxylic acids is 2. The van der Waals surface area contributed by atoms with Crippen LogP contribution in [0.3, 0.4) is 0 Å². The van der Waals surface area contributed by atoms with E-state index >= 15 is 0 Å². The van der Waals surface area contributed by atoms with Crippen molar-refractivity contribution in [2.24, 2.45) is 0 Å². The van der Waals surface area contributed by atoms with Crippen LogP contribution in [0.2, 0.25) is 5.02 Å². The van der Waals surface area contributed by atoms with Gasteiger partial charge in [-0.25, -0.2) is 8.42 Å². The summed E-state index contributed by atoms with van der Waals surface area (Å²) < 4.78 is 23.3. The molecular weight excluding hydrogens is 414 g/mol. The van der Waals surface area contributed by atoms with Gasteiger partial charge in [0.2, 0.25) is 5.91 Å². The fourth-order valence-corrected chi connectivity index (χ4v) is 5.05. The van der Waals surface area contributed by atoms with E-state index in [1.807, 2.05) is 0 Å². The Morgan fingerprint density at radius 3 is 2.48 bits per heavy atom. The highest BCUT2D eigenvalue weighted by atomic mass is 35.5. The molecule has 7 nitrogen and oxygen atoms in total. The maximum absolute atomic E-state index is 12.6. The Morgan fingerprint density at radius 1 is 1.14 bits per heavy atom. The average Bonchev–Trinajstić information content (AvgIpc) is 3.07. The van der Waals surface area contributed by atoms with E-state index in [-0.39, 0.29) is 35.9 Å². The van der Waals surface area contributed by atoms with Gasteiger partial charge in [-0.15, -0.1) is 0 Å². The molecule has 3 rings (SSSR count). The summed E-state index contributed by atoms with van der Waals surface area (Å²) in [4.78, 5) is 26.6. The van der Waals surface area contributed by atoms with Gasteiger partial charge in [-0.2, -0.15) is 0 Å². The number of carbonyl (C=O) groups is 2. The Hall–Kier alpha value is -2.58. The van der Waals surface area contributed by atoms with Gasteiger partial charge >= 0.3 is 0 Å². The number of hydrogen-bond acceptors (Lipinski definition) is 5. The third-order valence-corrected chi connectivity index (χ3v) is 6.86. The summed E-state index contributed by atoms with van der Waals surface area (Å²) in [6, 6.07) is 13.3. The molecular formula is C20H22ClN3O4S. The number of nitrogens with zero attached hydrogens (tertiary/aromatic N) is 1. The summed E-state index contributed by atoms with van der Waals surface area (Å²) in [6.07, 6.45) is 0.449. The second-order valence-corrected chi connectivity index (χ2v) is 9.59. The molecule has 1 atom stereocenters. The van der Waals surface area contributed by atoms with Crippen LogP contribution in [0.5, 0.6) is 0 Å². The van der Waals surface area contributed by atoms with E-state index in [9.17, 15) is 18.0 Å². The molecule has 2 aromatic rings. The minimum Gasteiger partial charge on any atom is -0.376 e. The molecule has 2 amide bonds. The van der Waals surface area contributed by atoms with Gasteiger partial charge < -0.3 is 15.5 Å². The van der Waals surface area contributed by atoms with Crippen molar-refractivity contribution in [3.8, 4) is 0 Å². The summed E-state index contributed by atoms with van der Waals surface area (Å²) in [5, 5.41) is 6.35. The Kier molecular flexibility index (Phi) is 6.44. The first-order chi connectivity index (χ1) is 13.7. The number of rotatable bonds is 6. The molecule has 154 valence electrons. The van der Waals surface area contributed by atoms with E-state index in [0.29, 0.717) is 28.4 Å². The third-order valence-electron chi connectivity index (χ3n) is 4.85. The first-order valence-electron chi connectivity index (χ1n) is 9.11. The van der Waals surface area contributed by atoms with Crippen LogP contribution in [-0.4, -0.2) is 56.3 Å². The van der Waals surface area contributed by atoms with Gasteiger partial charge in [0.1, 0.15) is 0 Å². The molecule has 2 aromatic carbocycles. The molecule has 0 aromatic heterocycles. The molecule has 9 heteroatoms. The third kappa shape index (κ3) is 5.48. The van der Waals surface area contributed by atoms with Crippen molar-refractivity contribution in [1.29, 1.82) is 0 Å². The largest absolute Gasteiger partial charge is 0.376 e. The highest BCUT2D eigenvalue weighted by Crippen LogP contribution is 2.20. The summed E-state index contributed by atoms with van der Waals surface area (Å²) in [5.74, 6) is -0.454. The maximum Gasteiger partial charge on any atom is 0.257 e. The van der Waals surface area contributed by atoms with E-state index in [2.05, 4.69) is 10.6 Å². The Morgan fingerprint density at radius 2 is 1.83 bits per heavy atom. The number of nitrogens with one attached hydrogen (secondary N) is 2. The number of amides is 2. The summed E-state index contributed by atoms with van der Waals surface area (Å²) >= 11 is 5.86. The van der Waals surface area contributed by atoms with Gasteiger partial charge in [0.05, 0.1) is 23.6 Å². The smallest absolute Gasteiger partial charge is 0.257 e. The van der Waals surface area contributed by atoms with Gasteiger partial charge in [0, 0.05) is 29.5 Å². The van der Waals surface area contributed by atoms with Crippen LogP contribution in [-0.2, 0) is 14.6 Å². The summed E-state index contributed by atoms with van der Waals surface area (Å²) in [5.41, 5.74) is 1.51. The second-order valence-electron chi connectivity index (χ2n) is 6.92. The molecule has 1 fully saturated rings. The molecule has 0 saturated carbocycles. The Balaban J connectivity index is 1.63. The molecule has 1 aliphatic heterocycles. The van der Waals surface area contributed by atoms with Crippen molar-refractivity contribution in [2.45, 2.75) is 12.5 Å². The highest BCUT2D eigenvalue weighted by Gasteiger charge is 2.32. The monoisotopic (exact) mass is 435 g/mol. The van der Waals surface area contributed by atoms with Crippen molar-refractivity contribution in [2.75, 3.05) is 35.7 Å². The lowest BCUT2D eigenvalue weighted by molar-refractivity contribution is -0.129. The van der Waals surface area contributed by atoms with Crippen molar-refractivity contribution in [3.63, 3.8) is 0 Å². The first kappa shape index (κ1) is 21.1. The predicted octanol–water partition coefficient (Wildman–Crippen LogP) is 2.65. The number of sulfone groups is 1. The lowest BCUT2D eigenvalue weighted by Crippen LogP contribution is -2.41. The molecule has 1 heterocycles. The van der Waals surface area contributed by atoms with Gasteiger partial charge in [-0.05, 0) is 42.8 Å². The fraction of sp³-hybridized carbons (Fsp3) is 0.300. The molecule has 0 aliphatic carbocycles. The van der Waals surface area contributed by atoms with Gasteiger partial charge in [-0.3, -0.25) is 9.59 Å². The minimum atomic E-state index is -3.07. The molecule has 2 N–H and O–H groups in total. The SMILES string of the molecule is CN(C(=O)CNc1ccccc1C(=O)Nc1ccc(Cl)cc1)C1CCS(=O)(=O)C1. The summed E-state index contributed by atoms with van der Waals surface area (Å²) in [7, 11) is -1.46. The number of halogens is 1. The van der Waals surface area contributed by atoms with Crippen LogP contribution in [0.25, 0.3) is 0 Å². The molecule has 1 aliphatic rings. The number of hydrogen-bond donors (Lipinski definition) is 2. The predicted molar refractivity (Wildman–Crippen MR) is 114 cm³/mol. The van der Waals surface area contributed by atoms with Crippen molar-refractivity contribution < 1.29 is 18.0 Å². The molecule has 1 saturated heterocycles. The first-order valence-corrected chi connectivity index (χ1v) is 11.3. The van der Waals surface area contributed by atoms with E-state index in [1.54, 1.807) is 55.6 Å². The van der Waals surface area contributed by atoms with E-state index in [4.69, 9.17) is 11.6 Å². The van der Waals surface area contributed by atoms with E-state index in [0.717, 1.165) is 0 Å². The number of anilines is 2. The van der Waals surface area contributed by atoms with Gasteiger partial charge in [0.15, 0.2) is 9.84 Å². The normalized spacial score (nSPS) is 17.5. The topological polar surface area (TPSA) is 95.6 Å². The average molecular weight is 436 g/mol. The van der Waals surface area contributed by atoms with Crippen LogP contribution in [0.4, 0.5) is 11.4 Å². The maximum atomic E-state index is 12.6. The standard InChI is InChI=1S/C20H22ClN3O4S/c1-24(16-10-11-29(27,28)13-16)19(25)12-22-18-5-3-2-4-17(18)20(26)23-15-8-6-14(21)7-9-15/h2-9,16,22H,10-13H2,1H3,(H,23,26). The molecule has 0 radical (unpaired) electrons. The lowest BCUT2D eigenvalue weighted by Gasteiger charge is -2.24. The van der Waals surface area contributed by atoms with Crippen molar-refractivity contribution >= 4 is 44.6 Å². The molecule has 0 bridgehead atoms. The number of benzene rings is 2. The number of para-hydroxylation sites is 1. The Labute approximate surface area is 175 Å². The van der Waals surface area contributed by atoms with E-state index in [1.165, 1.54) is 4.90 Å². The lowest BCUT2D eigenvalue weighted by atomic mass is 10.1. The molecule has 0 spiro atoms. The summed E-state index contributed by atoms with van der Waals surface area (Å²) in [6.45, 7) is -0.0434. The Bertz CT molecular complexity index is 1010. The highest BCUT2D eigenvalue weighted by molar-refractivity contribution is 7.91. The van der Waals surface area contributed by atoms with Gasteiger partial charge in [-0.1, -0.05) is 23.7 Å². The zero-order valence-corrected chi connectivity index (χ0v) is 17.5. The molecule has 1 unspecified atom stereocenters. The van der Waals surface area contributed by atoms with Crippen LogP contribution >= 0.6 is 11.6 Å². The van der Waals surface area contributed by atoms with Crippen molar-refractivity contribution in [3.05, 3.63) is 59.1 Å². The molecule has 29 heavy (non-hydrogen) atoms. The van der Waals surface area contributed by atoms with Crippen LogP contribution in [0, 0.1) is 0 Å². The zero-order valence-electron chi connectivity index (χ0n) is 15.9. The van der Waals surface area contributed by atoms with Crippen LogP contribution in [0.15, 0.2) is 48.5 Å². The van der Waals surface area contributed by atoms with Crippen LogP contribution in [0.1, 0.15) is 16.8 Å².